The lowest BCUT2D eigenvalue weighted by molar-refractivity contribution is -0.219. The molecule has 0 aromatic heterocycles. The lowest BCUT2D eigenvalue weighted by Crippen LogP contribution is -2.41. The van der Waals surface area contributed by atoms with Crippen LogP contribution >= 0.6 is 0 Å². The number of aliphatic hydroxyl groups excluding tert-OH is 1. The molecule has 1 aliphatic carbocycles. The molecule has 0 aromatic carbocycles. The minimum atomic E-state index is -0.356. The summed E-state index contributed by atoms with van der Waals surface area (Å²) in [6, 6.07) is 0. The number of rotatable bonds is 1. The molecule has 0 unspecified atom stereocenters. The zero-order chi connectivity index (χ0) is 9.31. The molecule has 0 aromatic rings. The molecule has 2 fully saturated rings. The summed E-state index contributed by atoms with van der Waals surface area (Å²) in [6.45, 7) is 2.81. The van der Waals surface area contributed by atoms with Crippen molar-refractivity contribution in [3.05, 3.63) is 0 Å². The second-order valence-electron chi connectivity index (χ2n) is 4.19. The maximum absolute atomic E-state index is 8.96. The van der Waals surface area contributed by atoms with Crippen LogP contribution in [0.1, 0.15) is 32.6 Å². The summed E-state index contributed by atoms with van der Waals surface area (Å²) < 4.78 is 11.5. The first-order valence-electron chi connectivity index (χ1n) is 5.19. The maximum Gasteiger partial charge on any atom is 0.171 e. The summed E-state index contributed by atoms with van der Waals surface area (Å²) in [5, 5.41) is 8.96. The molecule has 3 atom stereocenters. The Bertz CT molecular complexity index is 183. The molecular weight excluding hydrogens is 168 g/mol. The van der Waals surface area contributed by atoms with E-state index in [1.807, 2.05) is 0 Å². The van der Waals surface area contributed by atoms with Crippen LogP contribution in [0.5, 0.6) is 0 Å². The Balaban J connectivity index is 2.03. The normalized spacial score (nSPS) is 45.7. The van der Waals surface area contributed by atoms with Crippen molar-refractivity contribution >= 4 is 0 Å². The molecule has 0 bridgehead atoms. The van der Waals surface area contributed by atoms with Crippen LogP contribution in [-0.4, -0.2) is 30.2 Å². The predicted molar refractivity (Wildman–Crippen MR) is 48.3 cm³/mol. The summed E-state index contributed by atoms with van der Waals surface area (Å²) in [6.07, 6.45) is 4.53. The van der Waals surface area contributed by atoms with Gasteiger partial charge in [0, 0.05) is 12.3 Å². The van der Waals surface area contributed by atoms with Crippen molar-refractivity contribution in [3.63, 3.8) is 0 Å². The lowest BCUT2D eigenvalue weighted by Gasteiger charge is -2.37. The first-order chi connectivity index (χ1) is 6.27. The molecule has 3 heteroatoms. The third-order valence-corrected chi connectivity index (χ3v) is 3.25. The second-order valence-corrected chi connectivity index (χ2v) is 4.19. The van der Waals surface area contributed by atoms with Crippen LogP contribution < -0.4 is 0 Å². The van der Waals surface area contributed by atoms with Crippen LogP contribution in [0.25, 0.3) is 0 Å². The van der Waals surface area contributed by atoms with Crippen LogP contribution in [0.4, 0.5) is 0 Å². The Morgan fingerprint density at radius 2 is 2.31 bits per heavy atom. The van der Waals surface area contributed by atoms with Crippen LogP contribution in [0.3, 0.4) is 0 Å². The molecular formula is C10H18O3. The second kappa shape index (κ2) is 3.56. The van der Waals surface area contributed by atoms with Crippen molar-refractivity contribution in [2.45, 2.75) is 44.5 Å². The standard InChI is InChI=1S/C10H18O3/c1-8-4-2-3-5-10(8)12-7-9(6-11)13-10/h8-9,11H,2-7H2,1H3/t8-,9-,10-/m1/s1. The van der Waals surface area contributed by atoms with Gasteiger partial charge in [-0.25, -0.2) is 0 Å². The summed E-state index contributed by atoms with van der Waals surface area (Å²) in [5.41, 5.74) is 0. The highest BCUT2D eigenvalue weighted by atomic mass is 16.7. The maximum atomic E-state index is 8.96. The lowest BCUT2D eigenvalue weighted by atomic mass is 9.84. The van der Waals surface area contributed by atoms with Gasteiger partial charge in [0.15, 0.2) is 5.79 Å². The zero-order valence-electron chi connectivity index (χ0n) is 8.16. The predicted octanol–water partition coefficient (Wildman–Crippen LogP) is 1.30. The van der Waals surface area contributed by atoms with Crippen molar-refractivity contribution in [1.82, 2.24) is 0 Å². The molecule has 1 aliphatic heterocycles. The van der Waals surface area contributed by atoms with E-state index in [9.17, 15) is 0 Å². The molecule has 3 nitrogen and oxygen atoms in total. The van der Waals surface area contributed by atoms with Crippen molar-refractivity contribution in [3.8, 4) is 0 Å². The summed E-state index contributed by atoms with van der Waals surface area (Å²) >= 11 is 0. The molecule has 1 saturated heterocycles. The Morgan fingerprint density at radius 1 is 1.46 bits per heavy atom. The van der Waals surface area contributed by atoms with Crippen molar-refractivity contribution in [1.29, 1.82) is 0 Å². The first-order valence-corrected chi connectivity index (χ1v) is 5.19. The molecule has 0 amide bonds. The van der Waals surface area contributed by atoms with E-state index < -0.39 is 0 Å². The van der Waals surface area contributed by atoms with Gasteiger partial charge in [0.1, 0.15) is 6.10 Å². The monoisotopic (exact) mass is 186 g/mol. The SMILES string of the molecule is C[C@@H]1CCCC[C@]12OC[C@@H](CO)O2. The topological polar surface area (TPSA) is 38.7 Å². The highest BCUT2D eigenvalue weighted by molar-refractivity contribution is 4.86. The zero-order valence-corrected chi connectivity index (χ0v) is 8.16. The fourth-order valence-corrected chi connectivity index (χ4v) is 2.35. The summed E-state index contributed by atoms with van der Waals surface area (Å²) in [7, 11) is 0. The Kier molecular flexibility index (Phi) is 2.58. The third-order valence-electron chi connectivity index (χ3n) is 3.25. The van der Waals surface area contributed by atoms with Gasteiger partial charge >= 0.3 is 0 Å². The van der Waals surface area contributed by atoms with Gasteiger partial charge in [-0.3, -0.25) is 0 Å². The van der Waals surface area contributed by atoms with Crippen LogP contribution in [0, 0.1) is 5.92 Å². The minimum Gasteiger partial charge on any atom is -0.394 e. The van der Waals surface area contributed by atoms with Gasteiger partial charge in [-0.2, -0.15) is 0 Å². The average molecular weight is 186 g/mol. The molecule has 1 heterocycles. The molecule has 1 spiro atoms. The highest BCUT2D eigenvalue weighted by Gasteiger charge is 2.46. The van der Waals surface area contributed by atoms with Gasteiger partial charge in [0.05, 0.1) is 13.2 Å². The largest absolute Gasteiger partial charge is 0.394 e. The van der Waals surface area contributed by atoms with Gasteiger partial charge in [0.25, 0.3) is 0 Å². The number of ether oxygens (including phenoxy) is 2. The van der Waals surface area contributed by atoms with Crippen LogP contribution in [0.15, 0.2) is 0 Å². The molecule has 1 saturated carbocycles. The van der Waals surface area contributed by atoms with Gasteiger partial charge < -0.3 is 14.6 Å². The van der Waals surface area contributed by atoms with Crippen molar-refractivity contribution in [2.75, 3.05) is 13.2 Å². The van der Waals surface area contributed by atoms with E-state index in [1.165, 1.54) is 19.3 Å². The van der Waals surface area contributed by atoms with E-state index in [1.54, 1.807) is 0 Å². The Hall–Kier alpha value is -0.120. The Morgan fingerprint density at radius 3 is 2.92 bits per heavy atom. The quantitative estimate of drug-likeness (QED) is 0.671. The summed E-state index contributed by atoms with van der Waals surface area (Å²) in [5.74, 6) is 0.115. The number of aliphatic hydroxyl groups is 1. The van der Waals surface area contributed by atoms with E-state index >= 15 is 0 Å². The van der Waals surface area contributed by atoms with Gasteiger partial charge in [0.2, 0.25) is 0 Å². The fourth-order valence-electron chi connectivity index (χ4n) is 2.35. The number of hydrogen-bond donors (Lipinski definition) is 1. The van der Waals surface area contributed by atoms with E-state index in [2.05, 4.69) is 6.92 Å². The molecule has 1 N–H and O–H groups in total. The molecule has 0 radical (unpaired) electrons. The molecule has 76 valence electrons. The van der Waals surface area contributed by atoms with Gasteiger partial charge in [-0.15, -0.1) is 0 Å². The third kappa shape index (κ3) is 1.60. The minimum absolute atomic E-state index is 0.0778. The number of hydrogen-bond acceptors (Lipinski definition) is 3. The van der Waals surface area contributed by atoms with Crippen LogP contribution in [-0.2, 0) is 9.47 Å². The smallest absolute Gasteiger partial charge is 0.171 e. The molecule has 2 rings (SSSR count). The van der Waals surface area contributed by atoms with E-state index in [0.717, 1.165) is 6.42 Å². The summed E-state index contributed by atoms with van der Waals surface area (Å²) in [4.78, 5) is 0. The van der Waals surface area contributed by atoms with Crippen LogP contribution in [0.2, 0.25) is 0 Å². The van der Waals surface area contributed by atoms with Gasteiger partial charge in [-0.05, 0) is 12.8 Å². The van der Waals surface area contributed by atoms with E-state index in [4.69, 9.17) is 14.6 Å². The van der Waals surface area contributed by atoms with Crippen molar-refractivity contribution < 1.29 is 14.6 Å². The molecule has 2 aliphatic rings. The van der Waals surface area contributed by atoms with E-state index in [-0.39, 0.29) is 18.5 Å². The fraction of sp³-hybridized carbons (Fsp3) is 1.00. The molecule has 13 heavy (non-hydrogen) atoms. The van der Waals surface area contributed by atoms with Crippen molar-refractivity contribution in [2.24, 2.45) is 5.92 Å². The first kappa shape index (κ1) is 9.44. The van der Waals surface area contributed by atoms with Gasteiger partial charge in [-0.1, -0.05) is 13.3 Å². The highest BCUT2D eigenvalue weighted by Crippen LogP contribution is 2.41. The average Bonchev–Trinajstić information content (AvgIpc) is 2.56. The van der Waals surface area contributed by atoms with E-state index in [0.29, 0.717) is 12.5 Å². The Labute approximate surface area is 79.0 Å².